The SMILES string of the molecule is CC1(C)Cc2c(c(-c3ccccc3)nc3sc4c(N5CCOCC5)ncnc4c23)CO1. The predicted octanol–water partition coefficient (Wildman–Crippen LogP) is 4.59. The minimum atomic E-state index is -0.219. The number of morpholine rings is 1. The summed E-state index contributed by atoms with van der Waals surface area (Å²) in [4.78, 5) is 17.9. The molecule has 1 saturated heterocycles. The average Bonchev–Trinajstić information content (AvgIpc) is 3.18. The Hall–Kier alpha value is -2.61. The number of ether oxygens (including phenoxy) is 2. The summed E-state index contributed by atoms with van der Waals surface area (Å²) >= 11 is 1.70. The molecule has 0 N–H and O–H groups in total. The maximum atomic E-state index is 6.22. The van der Waals surface area contributed by atoms with E-state index >= 15 is 0 Å². The fourth-order valence-electron chi connectivity index (χ4n) is 4.63. The van der Waals surface area contributed by atoms with Crippen molar-refractivity contribution in [3.05, 3.63) is 47.8 Å². The lowest BCUT2D eigenvalue weighted by molar-refractivity contribution is -0.0394. The molecule has 0 radical (unpaired) electrons. The van der Waals surface area contributed by atoms with E-state index in [2.05, 4.69) is 48.0 Å². The zero-order valence-corrected chi connectivity index (χ0v) is 18.5. The molecule has 31 heavy (non-hydrogen) atoms. The highest BCUT2D eigenvalue weighted by Gasteiger charge is 2.32. The molecule has 6 nitrogen and oxygen atoms in total. The Morgan fingerprint density at radius 1 is 1.03 bits per heavy atom. The van der Waals surface area contributed by atoms with Crippen LogP contribution in [0.2, 0.25) is 0 Å². The molecule has 5 heterocycles. The molecule has 1 aromatic carbocycles. The van der Waals surface area contributed by atoms with Gasteiger partial charge < -0.3 is 14.4 Å². The molecule has 2 aliphatic heterocycles. The van der Waals surface area contributed by atoms with Crippen LogP contribution >= 0.6 is 11.3 Å². The lowest BCUT2D eigenvalue weighted by Gasteiger charge is -2.33. The number of hydrogen-bond donors (Lipinski definition) is 0. The van der Waals surface area contributed by atoms with Gasteiger partial charge in [-0.3, -0.25) is 0 Å². The van der Waals surface area contributed by atoms with E-state index in [0.717, 1.165) is 64.8 Å². The Labute approximate surface area is 184 Å². The molecule has 4 aromatic rings. The Morgan fingerprint density at radius 3 is 2.65 bits per heavy atom. The van der Waals surface area contributed by atoms with Gasteiger partial charge in [0.1, 0.15) is 17.0 Å². The molecule has 0 spiro atoms. The first-order valence-corrected chi connectivity index (χ1v) is 11.5. The topological polar surface area (TPSA) is 60.4 Å². The highest BCUT2D eigenvalue weighted by atomic mass is 32.1. The first-order chi connectivity index (χ1) is 15.1. The summed E-state index contributed by atoms with van der Waals surface area (Å²) in [6.07, 6.45) is 2.53. The number of anilines is 1. The third kappa shape index (κ3) is 3.19. The van der Waals surface area contributed by atoms with E-state index in [1.807, 2.05) is 6.07 Å². The predicted molar refractivity (Wildman–Crippen MR) is 124 cm³/mol. The fraction of sp³-hybridized carbons (Fsp3) is 0.375. The van der Waals surface area contributed by atoms with Crippen molar-refractivity contribution in [1.29, 1.82) is 0 Å². The molecular formula is C24H24N4O2S. The minimum absolute atomic E-state index is 0.219. The number of pyridine rings is 1. The third-order valence-corrected chi connectivity index (χ3v) is 7.24. The van der Waals surface area contributed by atoms with Crippen LogP contribution < -0.4 is 4.90 Å². The Balaban J connectivity index is 1.64. The van der Waals surface area contributed by atoms with Crippen molar-refractivity contribution in [3.63, 3.8) is 0 Å². The lowest BCUT2D eigenvalue weighted by Crippen LogP contribution is -2.36. The van der Waals surface area contributed by atoms with Gasteiger partial charge in [-0.25, -0.2) is 15.0 Å². The highest BCUT2D eigenvalue weighted by Crippen LogP contribution is 2.44. The average molecular weight is 433 g/mol. The summed E-state index contributed by atoms with van der Waals surface area (Å²) in [6, 6.07) is 10.4. The van der Waals surface area contributed by atoms with Crippen LogP contribution in [-0.4, -0.2) is 46.9 Å². The summed E-state index contributed by atoms with van der Waals surface area (Å²) in [5, 5.41) is 1.17. The standard InChI is InChI=1S/C24H24N4O2S/c1-24(2)12-16-17(13-30-24)19(15-6-4-3-5-7-15)27-23-18(16)20-21(31-23)22(26-14-25-20)28-8-10-29-11-9-28/h3-7,14H,8-13H2,1-2H3. The second-order valence-electron chi connectivity index (χ2n) is 8.77. The van der Waals surface area contributed by atoms with Gasteiger partial charge in [0.05, 0.1) is 41.3 Å². The second-order valence-corrected chi connectivity index (χ2v) is 9.76. The fourth-order valence-corrected chi connectivity index (χ4v) is 5.81. The third-order valence-electron chi connectivity index (χ3n) is 6.17. The van der Waals surface area contributed by atoms with Crippen molar-refractivity contribution < 1.29 is 9.47 Å². The summed E-state index contributed by atoms with van der Waals surface area (Å²) in [6.45, 7) is 8.04. The number of hydrogen-bond acceptors (Lipinski definition) is 7. The van der Waals surface area contributed by atoms with Gasteiger partial charge in [0.15, 0.2) is 0 Å². The van der Waals surface area contributed by atoms with Crippen LogP contribution in [-0.2, 0) is 22.5 Å². The molecule has 0 saturated carbocycles. The normalized spacial score (nSPS) is 18.5. The summed E-state index contributed by atoms with van der Waals surface area (Å²) in [7, 11) is 0. The number of fused-ring (bicyclic) bond motifs is 5. The first kappa shape index (κ1) is 19.1. The lowest BCUT2D eigenvalue weighted by atomic mass is 9.88. The van der Waals surface area contributed by atoms with Crippen molar-refractivity contribution in [2.24, 2.45) is 0 Å². The van der Waals surface area contributed by atoms with Gasteiger partial charge in [-0.1, -0.05) is 30.3 Å². The Bertz CT molecular complexity index is 1280. The molecule has 0 atom stereocenters. The largest absolute Gasteiger partial charge is 0.378 e. The molecule has 6 rings (SSSR count). The zero-order chi connectivity index (χ0) is 21.0. The maximum absolute atomic E-state index is 6.22. The second kappa shape index (κ2) is 7.22. The van der Waals surface area contributed by atoms with Crippen molar-refractivity contribution in [1.82, 2.24) is 15.0 Å². The quantitative estimate of drug-likeness (QED) is 0.462. The molecule has 158 valence electrons. The monoisotopic (exact) mass is 432 g/mol. The Kier molecular flexibility index (Phi) is 4.45. The van der Waals surface area contributed by atoms with Gasteiger partial charge >= 0.3 is 0 Å². The molecular weight excluding hydrogens is 408 g/mol. The van der Waals surface area contributed by atoms with Crippen molar-refractivity contribution >= 4 is 37.6 Å². The van der Waals surface area contributed by atoms with E-state index < -0.39 is 0 Å². The minimum Gasteiger partial charge on any atom is -0.378 e. The van der Waals surface area contributed by atoms with Gasteiger partial charge in [-0.15, -0.1) is 11.3 Å². The molecule has 0 amide bonds. The maximum Gasteiger partial charge on any atom is 0.150 e. The first-order valence-electron chi connectivity index (χ1n) is 10.7. The molecule has 0 bridgehead atoms. The van der Waals surface area contributed by atoms with E-state index in [9.17, 15) is 0 Å². The summed E-state index contributed by atoms with van der Waals surface area (Å²) < 4.78 is 12.9. The van der Waals surface area contributed by atoms with E-state index in [0.29, 0.717) is 6.61 Å². The number of thiophene rings is 1. The molecule has 0 aliphatic carbocycles. The number of rotatable bonds is 2. The zero-order valence-electron chi connectivity index (χ0n) is 17.7. The van der Waals surface area contributed by atoms with Gasteiger partial charge in [0, 0.05) is 36.0 Å². The van der Waals surface area contributed by atoms with Crippen LogP contribution in [0, 0.1) is 0 Å². The summed E-state index contributed by atoms with van der Waals surface area (Å²) in [5.74, 6) is 0.998. The van der Waals surface area contributed by atoms with E-state index in [4.69, 9.17) is 19.4 Å². The van der Waals surface area contributed by atoms with Crippen molar-refractivity contribution in [2.75, 3.05) is 31.2 Å². The number of aromatic nitrogens is 3. The Morgan fingerprint density at radius 2 is 1.84 bits per heavy atom. The highest BCUT2D eigenvalue weighted by molar-refractivity contribution is 7.26. The van der Waals surface area contributed by atoms with Crippen LogP contribution in [0.4, 0.5) is 5.82 Å². The van der Waals surface area contributed by atoms with Crippen LogP contribution in [0.1, 0.15) is 25.0 Å². The molecule has 1 fully saturated rings. The number of nitrogens with zero attached hydrogens (tertiary/aromatic N) is 4. The molecule has 2 aliphatic rings. The van der Waals surface area contributed by atoms with E-state index in [1.54, 1.807) is 17.7 Å². The van der Waals surface area contributed by atoms with Gasteiger partial charge in [0.25, 0.3) is 0 Å². The van der Waals surface area contributed by atoms with E-state index in [1.165, 1.54) is 16.5 Å². The van der Waals surface area contributed by atoms with Gasteiger partial charge in [-0.2, -0.15) is 0 Å². The number of benzene rings is 1. The van der Waals surface area contributed by atoms with E-state index in [-0.39, 0.29) is 5.60 Å². The van der Waals surface area contributed by atoms with Gasteiger partial charge in [0.2, 0.25) is 0 Å². The van der Waals surface area contributed by atoms with Crippen LogP contribution in [0.5, 0.6) is 0 Å². The van der Waals surface area contributed by atoms with Gasteiger partial charge in [-0.05, 0) is 19.4 Å². The molecule has 3 aromatic heterocycles. The van der Waals surface area contributed by atoms with Crippen LogP contribution in [0.25, 0.3) is 31.7 Å². The van der Waals surface area contributed by atoms with Crippen LogP contribution in [0.15, 0.2) is 36.7 Å². The summed E-state index contributed by atoms with van der Waals surface area (Å²) in [5.41, 5.74) is 5.44. The smallest absolute Gasteiger partial charge is 0.150 e. The molecule has 7 heteroatoms. The van der Waals surface area contributed by atoms with Crippen molar-refractivity contribution in [3.8, 4) is 11.3 Å². The van der Waals surface area contributed by atoms with Crippen molar-refractivity contribution in [2.45, 2.75) is 32.5 Å². The van der Waals surface area contributed by atoms with Crippen LogP contribution in [0.3, 0.4) is 0 Å². The molecule has 0 unspecified atom stereocenters.